The highest BCUT2D eigenvalue weighted by atomic mass is 16.1. The van der Waals surface area contributed by atoms with E-state index in [2.05, 4.69) is 13.8 Å². The van der Waals surface area contributed by atoms with Crippen molar-refractivity contribution in [2.75, 3.05) is 0 Å². The zero-order valence-electron chi connectivity index (χ0n) is 19.7. The number of hydrogen-bond acceptors (Lipinski definition) is 1. The molecule has 0 aromatic heterocycles. The van der Waals surface area contributed by atoms with Crippen LogP contribution in [0.15, 0.2) is 0 Å². The standard InChI is InChI=1S/C28H48O/c1-3-5-7-22-9-11-24(12-10-22)25-15-19-28(20-16-25)21-27(26(28)29)17-13-23(14-18-27)8-6-4-2/h22-25H,3-21H2,1-2H3. The van der Waals surface area contributed by atoms with Gasteiger partial charge >= 0.3 is 0 Å². The average Bonchev–Trinajstić information content (AvgIpc) is 2.78. The van der Waals surface area contributed by atoms with Gasteiger partial charge in [-0.15, -0.1) is 0 Å². The predicted octanol–water partition coefficient (Wildman–Crippen LogP) is 8.50. The normalized spacial score (nSPS) is 42.9. The zero-order valence-corrected chi connectivity index (χ0v) is 19.7. The Bertz CT molecular complexity index is 525. The molecule has 0 aromatic rings. The minimum Gasteiger partial charge on any atom is -0.298 e. The molecule has 4 aliphatic carbocycles. The summed E-state index contributed by atoms with van der Waals surface area (Å²) in [6, 6.07) is 0. The van der Waals surface area contributed by atoms with E-state index in [0.29, 0.717) is 0 Å². The first kappa shape index (κ1) is 21.9. The molecule has 4 fully saturated rings. The second-order valence-electron chi connectivity index (χ2n) is 11.9. The van der Waals surface area contributed by atoms with E-state index < -0.39 is 0 Å². The van der Waals surface area contributed by atoms with Crippen LogP contribution in [0, 0.1) is 34.5 Å². The topological polar surface area (TPSA) is 17.1 Å². The molecule has 0 aromatic carbocycles. The second-order valence-corrected chi connectivity index (χ2v) is 11.9. The van der Waals surface area contributed by atoms with E-state index >= 15 is 0 Å². The molecular weight excluding hydrogens is 352 g/mol. The van der Waals surface area contributed by atoms with Crippen LogP contribution in [0.1, 0.15) is 136 Å². The van der Waals surface area contributed by atoms with Gasteiger partial charge in [0, 0.05) is 10.8 Å². The lowest BCUT2D eigenvalue weighted by atomic mass is 9.42. The van der Waals surface area contributed by atoms with Crippen molar-refractivity contribution in [2.24, 2.45) is 34.5 Å². The lowest BCUT2D eigenvalue weighted by molar-refractivity contribution is -0.169. The van der Waals surface area contributed by atoms with Crippen molar-refractivity contribution in [3.05, 3.63) is 0 Å². The summed E-state index contributed by atoms with van der Waals surface area (Å²) in [7, 11) is 0. The van der Waals surface area contributed by atoms with Gasteiger partial charge in [-0.3, -0.25) is 4.79 Å². The Hall–Kier alpha value is -0.330. The second kappa shape index (κ2) is 9.44. The van der Waals surface area contributed by atoms with Crippen molar-refractivity contribution in [3.8, 4) is 0 Å². The molecule has 0 bridgehead atoms. The molecule has 0 atom stereocenters. The fourth-order valence-corrected chi connectivity index (χ4v) is 8.19. The number of carbonyl (C=O) groups is 1. The van der Waals surface area contributed by atoms with Crippen LogP contribution in [0.5, 0.6) is 0 Å². The third kappa shape index (κ3) is 4.50. The Morgan fingerprint density at radius 2 is 1.10 bits per heavy atom. The molecule has 0 N–H and O–H groups in total. The van der Waals surface area contributed by atoms with E-state index in [1.54, 1.807) is 0 Å². The lowest BCUT2D eigenvalue weighted by Gasteiger charge is -2.59. The van der Waals surface area contributed by atoms with Gasteiger partial charge in [0.05, 0.1) is 0 Å². The molecule has 1 heteroatoms. The molecule has 0 amide bonds. The minimum atomic E-state index is 0.144. The molecule has 0 saturated heterocycles. The molecule has 4 aliphatic rings. The lowest BCUT2D eigenvalue weighted by Crippen LogP contribution is -2.59. The first-order chi connectivity index (χ1) is 14.1. The zero-order chi connectivity index (χ0) is 20.3. The summed E-state index contributed by atoms with van der Waals surface area (Å²) in [5.74, 6) is 4.63. The number of carbonyl (C=O) groups excluding carboxylic acids is 1. The molecule has 2 spiro atoms. The van der Waals surface area contributed by atoms with Gasteiger partial charge in [0.15, 0.2) is 0 Å². The summed E-state index contributed by atoms with van der Waals surface area (Å²) in [5.41, 5.74) is 0.290. The maximum absolute atomic E-state index is 13.5. The average molecular weight is 401 g/mol. The summed E-state index contributed by atoms with van der Waals surface area (Å²) in [4.78, 5) is 13.5. The predicted molar refractivity (Wildman–Crippen MR) is 123 cm³/mol. The van der Waals surface area contributed by atoms with Crippen molar-refractivity contribution in [1.82, 2.24) is 0 Å². The van der Waals surface area contributed by atoms with Crippen LogP contribution in [0.2, 0.25) is 0 Å². The number of Topliss-reactive ketones (excluding diaryl/α,β-unsaturated/α-hetero) is 1. The van der Waals surface area contributed by atoms with Crippen LogP contribution in [0.25, 0.3) is 0 Å². The van der Waals surface area contributed by atoms with Gasteiger partial charge in [0.25, 0.3) is 0 Å². The van der Waals surface area contributed by atoms with Crippen molar-refractivity contribution in [2.45, 2.75) is 136 Å². The van der Waals surface area contributed by atoms with Crippen molar-refractivity contribution in [3.63, 3.8) is 0 Å². The maximum Gasteiger partial charge on any atom is 0.145 e. The van der Waals surface area contributed by atoms with Crippen LogP contribution in [-0.2, 0) is 4.79 Å². The maximum atomic E-state index is 13.5. The number of unbranched alkanes of at least 4 members (excludes halogenated alkanes) is 2. The SMILES string of the molecule is CCCCC1CCC(C2CCC3(CC2)CC2(CCC(CCCC)CC2)C3=O)CC1. The van der Waals surface area contributed by atoms with Gasteiger partial charge in [-0.2, -0.15) is 0 Å². The molecular formula is C28H48O. The Morgan fingerprint density at radius 1 is 0.655 bits per heavy atom. The molecule has 4 rings (SSSR count). The summed E-state index contributed by atoms with van der Waals surface area (Å²) >= 11 is 0. The summed E-state index contributed by atoms with van der Waals surface area (Å²) in [5, 5.41) is 0. The van der Waals surface area contributed by atoms with Gasteiger partial charge in [-0.05, 0) is 94.3 Å². The van der Waals surface area contributed by atoms with E-state index in [1.807, 2.05) is 0 Å². The summed E-state index contributed by atoms with van der Waals surface area (Å²) in [6.07, 6.45) is 26.0. The first-order valence-corrected chi connectivity index (χ1v) is 13.7. The van der Waals surface area contributed by atoms with E-state index in [0.717, 1.165) is 29.5 Å². The Kier molecular flexibility index (Phi) is 7.12. The van der Waals surface area contributed by atoms with Crippen molar-refractivity contribution < 1.29 is 4.79 Å². The fourth-order valence-electron chi connectivity index (χ4n) is 8.19. The number of rotatable bonds is 7. The minimum absolute atomic E-state index is 0.144. The highest BCUT2D eigenvalue weighted by molar-refractivity contribution is 5.96. The van der Waals surface area contributed by atoms with Crippen LogP contribution in [0.3, 0.4) is 0 Å². The Labute approximate surface area is 181 Å². The third-order valence-corrected chi connectivity index (χ3v) is 10.2. The van der Waals surface area contributed by atoms with Crippen LogP contribution >= 0.6 is 0 Å². The molecule has 166 valence electrons. The van der Waals surface area contributed by atoms with E-state index in [4.69, 9.17) is 0 Å². The van der Waals surface area contributed by atoms with E-state index in [9.17, 15) is 4.79 Å². The quantitative estimate of drug-likeness (QED) is 0.418. The molecule has 4 saturated carbocycles. The largest absolute Gasteiger partial charge is 0.298 e. The fraction of sp³-hybridized carbons (Fsp3) is 0.964. The van der Waals surface area contributed by atoms with Gasteiger partial charge in [-0.25, -0.2) is 0 Å². The first-order valence-electron chi connectivity index (χ1n) is 13.7. The summed E-state index contributed by atoms with van der Waals surface area (Å²) < 4.78 is 0. The van der Waals surface area contributed by atoms with E-state index in [-0.39, 0.29) is 10.8 Å². The van der Waals surface area contributed by atoms with Gasteiger partial charge in [-0.1, -0.05) is 65.2 Å². The number of ketones is 1. The van der Waals surface area contributed by atoms with E-state index in [1.165, 1.54) is 122 Å². The molecule has 0 radical (unpaired) electrons. The molecule has 29 heavy (non-hydrogen) atoms. The molecule has 0 aliphatic heterocycles. The number of hydrogen-bond donors (Lipinski definition) is 0. The molecule has 1 nitrogen and oxygen atoms in total. The molecule has 0 unspecified atom stereocenters. The van der Waals surface area contributed by atoms with Gasteiger partial charge in [0.2, 0.25) is 0 Å². The van der Waals surface area contributed by atoms with Gasteiger partial charge in [0.1, 0.15) is 5.78 Å². The van der Waals surface area contributed by atoms with Gasteiger partial charge < -0.3 is 0 Å². The smallest absolute Gasteiger partial charge is 0.145 e. The summed E-state index contributed by atoms with van der Waals surface area (Å²) in [6.45, 7) is 4.63. The van der Waals surface area contributed by atoms with Crippen LogP contribution < -0.4 is 0 Å². The van der Waals surface area contributed by atoms with Crippen molar-refractivity contribution >= 4 is 5.78 Å². The Balaban J connectivity index is 1.21. The molecule has 0 heterocycles. The monoisotopic (exact) mass is 400 g/mol. The van der Waals surface area contributed by atoms with Crippen LogP contribution in [-0.4, -0.2) is 5.78 Å². The van der Waals surface area contributed by atoms with Crippen LogP contribution in [0.4, 0.5) is 0 Å². The Morgan fingerprint density at radius 3 is 1.59 bits per heavy atom. The third-order valence-electron chi connectivity index (χ3n) is 10.2. The van der Waals surface area contributed by atoms with Crippen molar-refractivity contribution in [1.29, 1.82) is 0 Å². The highest BCUT2D eigenvalue weighted by Crippen LogP contribution is 2.64. The highest BCUT2D eigenvalue weighted by Gasteiger charge is 2.63.